The molecule has 10 nitrogen and oxygen atoms in total. The number of halogens is 4. The fourth-order valence-electron chi connectivity index (χ4n) is 5.35. The molecule has 2 fully saturated rings. The molecule has 0 spiro atoms. The van der Waals surface area contributed by atoms with Gasteiger partial charge in [0.2, 0.25) is 18.3 Å². The van der Waals surface area contributed by atoms with Crippen LogP contribution in [0.25, 0.3) is 5.65 Å². The van der Waals surface area contributed by atoms with Gasteiger partial charge in [-0.25, -0.2) is 27.1 Å². The van der Waals surface area contributed by atoms with Crippen LogP contribution in [0.4, 0.5) is 17.6 Å². The number of amides is 2. The summed E-state index contributed by atoms with van der Waals surface area (Å²) in [5.41, 5.74) is 1.64. The minimum Gasteiger partial charge on any atom is -0.472 e. The Hall–Kier alpha value is -3.71. The number of nitrogens with zero attached hydrogens (tertiary/aromatic N) is 4. The van der Waals surface area contributed by atoms with Gasteiger partial charge in [-0.05, 0) is 68.2 Å². The summed E-state index contributed by atoms with van der Waals surface area (Å²) in [6.07, 6.45) is 2.33. The maximum Gasteiger partial charge on any atom is 0.267 e. The van der Waals surface area contributed by atoms with E-state index in [1.54, 1.807) is 32.3 Å². The average Bonchev–Trinajstić information content (AvgIpc) is 3.52. The molecule has 3 aromatic heterocycles. The van der Waals surface area contributed by atoms with Crippen LogP contribution in [-0.2, 0) is 4.79 Å². The van der Waals surface area contributed by atoms with Crippen LogP contribution in [0.5, 0.6) is 5.88 Å². The number of hydrogen-bond donors (Lipinski definition) is 2. The lowest BCUT2D eigenvalue weighted by Gasteiger charge is -2.33. The van der Waals surface area contributed by atoms with E-state index in [2.05, 4.69) is 20.9 Å². The van der Waals surface area contributed by atoms with Crippen molar-refractivity contribution in [3.05, 3.63) is 41.5 Å². The van der Waals surface area contributed by atoms with Gasteiger partial charge in [0.25, 0.3) is 11.8 Å². The molecule has 0 aliphatic heterocycles. The van der Waals surface area contributed by atoms with E-state index in [0.717, 1.165) is 12.8 Å². The zero-order valence-corrected chi connectivity index (χ0v) is 23.4. The molecule has 42 heavy (non-hydrogen) atoms. The van der Waals surface area contributed by atoms with Crippen molar-refractivity contribution in [3.63, 3.8) is 0 Å². The first kappa shape index (κ1) is 29.8. The highest BCUT2D eigenvalue weighted by molar-refractivity contribution is 5.96. The minimum atomic E-state index is -2.76. The lowest BCUT2D eigenvalue weighted by atomic mass is 9.81. The van der Waals surface area contributed by atoms with Gasteiger partial charge in [0.15, 0.2) is 5.65 Å². The molecule has 3 aromatic rings. The Labute approximate surface area is 239 Å². The zero-order chi connectivity index (χ0) is 30.0. The predicted octanol–water partition coefficient (Wildman–Crippen LogP) is 5.41. The largest absolute Gasteiger partial charge is 0.472 e. The first-order valence-corrected chi connectivity index (χ1v) is 14.2. The quantitative estimate of drug-likeness (QED) is 0.269. The third-order valence-corrected chi connectivity index (χ3v) is 7.69. The molecule has 0 radical (unpaired) electrons. The molecule has 2 aliphatic carbocycles. The summed E-state index contributed by atoms with van der Waals surface area (Å²) >= 11 is 0. The molecule has 14 heteroatoms. The van der Waals surface area contributed by atoms with Crippen molar-refractivity contribution in [2.24, 2.45) is 11.8 Å². The molecule has 2 aliphatic rings. The second-order valence-electron chi connectivity index (χ2n) is 11.4. The topological polar surface area (TPSA) is 124 Å². The number of imidazole rings is 1. The van der Waals surface area contributed by atoms with Crippen molar-refractivity contribution in [1.29, 1.82) is 0 Å². The smallest absolute Gasteiger partial charge is 0.267 e. The highest BCUT2D eigenvalue weighted by Gasteiger charge is 2.40. The number of carbonyl (C=O) groups is 2. The van der Waals surface area contributed by atoms with Gasteiger partial charge in [-0.3, -0.25) is 9.59 Å². The van der Waals surface area contributed by atoms with Gasteiger partial charge in [-0.1, -0.05) is 0 Å². The van der Waals surface area contributed by atoms with Crippen LogP contribution in [-0.4, -0.2) is 50.0 Å². The highest BCUT2D eigenvalue weighted by atomic mass is 19.3. The number of aromatic nitrogens is 4. The lowest BCUT2D eigenvalue weighted by Crippen LogP contribution is -2.37. The molecule has 0 unspecified atom stereocenters. The molecule has 2 amide bonds. The van der Waals surface area contributed by atoms with Crippen molar-refractivity contribution in [3.8, 4) is 5.88 Å². The number of hydrogen-bond acceptors (Lipinski definition) is 7. The van der Waals surface area contributed by atoms with Crippen LogP contribution in [0.2, 0.25) is 0 Å². The van der Waals surface area contributed by atoms with Crippen LogP contribution in [0.3, 0.4) is 0 Å². The third-order valence-electron chi connectivity index (χ3n) is 7.69. The van der Waals surface area contributed by atoms with Crippen molar-refractivity contribution in [2.45, 2.75) is 95.7 Å². The normalized spacial score (nSPS) is 18.8. The first-order valence-electron chi connectivity index (χ1n) is 14.2. The molecule has 0 bridgehead atoms. The van der Waals surface area contributed by atoms with E-state index in [1.165, 1.54) is 10.8 Å². The molecule has 0 aromatic carbocycles. The molecule has 2 saturated carbocycles. The summed E-state index contributed by atoms with van der Waals surface area (Å²) in [7, 11) is 0. The van der Waals surface area contributed by atoms with Crippen LogP contribution in [0.15, 0.2) is 29.2 Å². The van der Waals surface area contributed by atoms with E-state index in [0.29, 0.717) is 16.9 Å². The maximum atomic E-state index is 14.0. The Morgan fingerprint density at radius 2 is 1.83 bits per heavy atom. The van der Waals surface area contributed by atoms with E-state index < -0.39 is 42.7 Å². The van der Waals surface area contributed by atoms with Gasteiger partial charge >= 0.3 is 0 Å². The molecular formula is C28H34F4N6O4. The summed E-state index contributed by atoms with van der Waals surface area (Å²) < 4.78 is 65.3. The minimum absolute atomic E-state index is 0.0273. The van der Waals surface area contributed by atoms with Crippen molar-refractivity contribution < 1.29 is 36.4 Å². The second-order valence-corrected chi connectivity index (χ2v) is 11.4. The van der Waals surface area contributed by atoms with E-state index >= 15 is 0 Å². The standard InChI is InChI=1S/C28H34F4N6O4/c1-15(2)42-27-19(14-41-37-27)26(40)36-25(17-7-9-28(31,32)10-8-17)20-13-38-22(34-20)11-18(12-33-38)24(16-3-4-16)35-23(39)6-5-21(29)30/h11-17,21,24-25H,3-10H2,1-2H3,(H,35,39)(H,36,40)/t24-,25+/m1/s1. The van der Waals surface area contributed by atoms with Gasteiger partial charge in [0, 0.05) is 25.7 Å². The number of rotatable bonds is 12. The summed E-state index contributed by atoms with van der Waals surface area (Å²) in [5, 5.41) is 14.0. The Kier molecular flexibility index (Phi) is 8.69. The molecule has 0 saturated heterocycles. The number of ether oxygens (including phenoxy) is 1. The van der Waals surface area contributed by atoms with E-state index in [4.69, 9.17) is 14.2 Å². The van der Waals surface area contributed by atoms with Gasteiger partial charge in [0.1, 0.15) is 11.8 Å². The Morgan fingerprint density at radius 3 is 2.50 bits per heavy atom. The molecule has 2 N–H and O–H groups in total. The van der Waals surface area contributed by atoms with Crippen LogP contribution in [0.1, 0.15) is 98.9 Å². The van der Waals surface area contributed by atoms with Gasteiger partial charge in [-0.15, -0.1) is 0 Å². The van der Waals surface area contributed by atoms with Crippen LogP contribution < -0.4 is 15.4 Å². The van der Waals surface area contributed by atoms with Crippen LogP contribution in [0, 0.1) is 11.8 Å². The van der Waals surface area contributed by atoms with E-state index in [1.807, 2.05) is 0 Å². The van der Waals surface area contributed by atoms with E-state index in [-0.39, 0.29) is 61.5 Å². The molecule has 5 rings (SSSR count). The maximum absolute atomic E-state index is 14.0. The monoisotopic (exact) mass is 594 g/mol. The Morgan fingerprint density at radius 1 is 1.12 bits per heavy atom. The molecule has 228 valence electrons. The molecular weight excluding hydrogens is 560 g/mol. The summed E-state index contributed by atoms with van der Waals surface area (Å²) in [6, 6.07) is 0.653. The van der Waals surface area contributed by atoms with Crippen molar-refractivity contribution in [2.75, 3.05) is 0 Å². The summed E-state index contributed by atoms with van der Waals surface area (Å²) in [4.78, 5) is 30.4. The molecule has 3 heterocycles. The van der Waals surface area contributed by atoms with Gasteiger partial charge in [0.05, 0.1) is 36.3 Å². The van der Waals surface area contributed by atoms with Crippen molar-refractivity contribution >= 4 is 17.5 Å². The number of nitrogens with one attached hydrogen (secondary N) is 2. The Bertz CT molecular complexity index is 1400. The molecule has 2 atom stereocenters. The fourth-order valence-corrected chi connectivity index (χ4v) is 5.35. The average molecular weight is 595 g/mol. The van der Waals surface area contributed by atoms with Gasteiger partial charge < -0.3 is 19.9 Å². The number of fused-ring (bicyclic) bond motifs is 1. The first-order chi connectivity index (χ1) is 20.0. The fraction of sp³-hybridized carbons (Fsp3) is 0.607. The highest BCUT2D eigenvalue weighted by Crippen LogP contribution is 2.43. The Balaban J connectivity index is 1.40. The third kappa shape index (κ3) is 7.19. The number of alkyl halides is 4. The van der Waals surface area contributed by atoms with Crippen molar-refractivity contribution in [1.82, 2.24) is 30.4 Å². The number of carbonyl (C=O) groups excluding carboxylic acids is 2. The van der Waals surface area contributed by atoms with Crippen LogP contribution >= 0.6 is 0 Å². The summed E-state index contributed by atoms with van der Waals surface area (Å²) in [5.74, 6) is -3.88. The lowest BCUT2D eigenvalue weighted by molar-refractivity contribution is -0.122. The van der Waals surface area contributed by atoms with E-state index in [9.17, 15) is 27.2 Å². The second kappa shape index (κ2) is 12.3. The SMILES string of the molecule is CC(C)Oc1nocc1C(=O)N[C@H](c1cn2ncc([C@H](NC(=O)CCC(F)F)C3CC3)cc2n1)C1CCC(F)(F)CC1. The zero-order valence-electron chi connectivity index (χ0n) is 23.4. The summed E-state index contributed by atoms with van der Waals surface area (Å²) in [6.45, 7) is 3.56. The van der Waals surface area contributed by atoms with Gasteiger partial charge in [-0.2, -0.15) is 5.10 Å². The predicted molar refractivity (Wildman–Crippen MR) is 141 cm³/mol.